The minimum Gasteiger partial charge on any atom is -0.434 e. The third-order valence-corrected chi connectivity index (χ3v) is 5.15. The van der Waals surface area contributed by atoms with E-state index in [0.29, 0.717) is 6.07 Å². The lowest BCUT2D eigenvalue weighted by molar-refractivity contribution is -0.254. The quantitative estimate of drug-likeness (QED) is 0.304. The summed E-state index contributed by atoms with van der Waals surface area (Å²) in [6, 6.07) is 7.11. The number of ether oxygens (including phenoxy) is 1. The highest BCUT2D eigenvalue weighted by molar-refractivity contribution is 5.98. The molecule has 0 bridgehead atoms. The molecule has 0 aliphatic heterocycles. The normalized spacial score (nSPS) is 13.2. The van der Waals surface area contributed by atoms with E-state index in [4.69, 9.17) is 5.73 Å². The summed E-state index contributed by atoms with van der Waals surface area (Å²) in [4.78, 5) is 24.8. The SMILES string of the molecule is Nc1c(C(=O)NCC(O)(CNC(=O)c2c(F)cccc2OC(F)F)C(F)(F)F)cnn1-c1ccc(F)cc1. The third kappa shape index (κ3) is 6.13. The highest BCUT2D eigenvalue weighted by Gasteiger charge is 2.54. The van der Waals surface area contributed by atoms with Crippen LogP contribution in [0.4, 0.5) is 36.6 Å². The summed E-state index contributed by atoms with van der Waals surface area (Å²) in [6.45, 7) is -6.58. The van der Waals surface area contributed by atoms with Crippen molar-refractivity contribution < 1.29 is 50.2 Å². The minimum atomic E-state index is -5.44. The van der Waals surface area contributed by atoms with Gasteiger partial charge in [-0.25, -0.2) is 13.5 Å². The standard InChI is InChI=1S/C22H18F7N5O4/c23-11-4-6-12(7-5-11)34-17(30)13(8-33-34)18(35)31-9-21(37,22(27,28)29)10-32-19(36)16-14(24)2-1-3-15(16)38-20(25)26/h1-8,20,37H,9-10,30H2,(H,31,35)(H,32,36). The summed E-state index contributed by atoms with van der Waals surface area (Å²) in [6.07, 6.45) is -4.51. The maximum atomic E-state index is 14.1. The molecule has 1 aromatic heterocycles. The van der Waals surface area contributed by atoms with Gasteiger partial charge in [0.05, 0.1) is 25.0 Å². The fourth-order valence-electron chi connectivity index (χ4n) is 3.14. The maximum absolute atomic E-state index is 14.1. The predicted molar refractivity (Wildman–Crippen MR) is 117 cm³/mol. The van der Waals surface area contributed by atoms with Crippen molar-refractivity contribution in [1.82, 2.24) is 20.4 Å². The second kappa shape index (κ2) is 11.0. The van der Waals surface area contributed by atoms with Crippen LogP contribution in [0.15, 0.2) is 48.7 Å². The molecule has 2 aromatic carbocycles. The Morgan fingerprint density at radius 2 is 1.63 bits per heavy atom. The first-order chi connectivity index (χ1) is 17.7. The zero-order valence-corrected chi connectivity index (χ0v) is 18.9. The number of nitrogen functional groups attached to an aromatic ring is 1. The number of aliphatic hydroxyl groups is 1. The highest BCUT2D eigenvalue weighted by Crippen LogP contribution is 2.30. The second-order valence-corrected chi connectivity index (χ2v) is 7.72. The van der Waals surface area contributed by atoms with Crippen LogP contribution < -0.4 is 21.1 Å². The van der Waals surface area contributed by atoms with E-state index < -0.39 is 66.2 Å². The van der Waals surface area contributed by atoms with Crippen molar-refractivity contribution in [3.05, 3.63) is 71.4 Å². The van der Waals surface area contributed by atoms with Crippen molar-refractivity contribution in [1.29, 1.82) is 0 Å². The van der Waals surface area contributed by atoms with Gasteiger partial charge < -0.3 is 26.2 Å². The number of carbonyl (C=O) groups excluding carboxylic acids is 2. The molecule has 0 saturated carbocycles. The lowest BCUT2D eigenvalue weighted by Crippen LogP contribution is -2.59. The first-order valence-corrected chi connectivity index (χ1v) is 10.4. The molecular weight excluding hydrogens is 531 g/mol. The molecule has 2 amide bonds. The van der Waals surface area contributed by atoms with E-state index in [9.17, 15) is 45.4 Å². The van der Waals surface area contributed by atoms with Crippen LogP contribution in [0.3, 0.4) is 0 Å². The number of alkyl halides is 5. The molecule has 1 unspecified atom stereocenters. The Kier molecular flexibility index (Phi) is 8.14. The number of nitrogens with zero attached hydrogens (tertiary/aromatic N) is 2. The first kappa shape index (κ1) is 28.2. The molecule has 5 N–H and O–H groups in total. The number of benzene rings is 2. The zero-order valence-electron chi connectivity index (χ0n) is 18.9. The average molecular weight is 549 g/mol. The van der Waals surface area contributed by atoms with Gasteiger partial charge >= 0.3 is 12.8 Å². The number of rotatable bonds is 9. The summed E-state index contributed by atoms with van der Waals surface area (Å²) in [5, 5.41) is 17.5. The van der Waals surface area contributed by atoms with Crippen LogP contribution in [-0.2, 0) is 0 Å². The summed E-state index contributed by atoms with van der Waals surface area (Å²) >= 11 is 0. The van der Waals surface area contributed by atoms with Gasteiger partial charge in [-0.3, -0.25) is 9.59 Å². The molecule has 3 aromatic rings. The van der Waals surface area contributed by atoms with Crippen LogP contribution in [-0.4, -0.2) is 58.2 Å². The van der Waals surface area contributed by atoms with Gasteiger partial charge in [0, 0.05) is 0 Å². The average Bonchev–Trinajstić information content (AvgIpc) is 3.22. The monoisotopic (exact) mass is 549 g/mol. The summed E-state index contributed by atoms with van der Waals surface area (Å²) in [7, 11) is 0. The van der Waals surface area contributed by atoms with Gasteiger partial charge in [-0.2, -0.15) is 27.1 Å². The van der Waals surface area contributed by atoms with Gasteiger partial charge in [-0.1, -0.05) is 6.07 Å². The van der Waals surface area contributed by atoms with Crippen LogP contribution >= 0.6 is 0 Å². The molecule has 0 fully saturated rings. The molecule has 0 saturated heterocycles. The summed E-state index contributed by atoms with van der Waals surface area (Å²) in [5.74, 6) is -6.00. The Hall–Kier alpha value is -4.34. The highest BCUT2D eigenvalue weighted by atomic mass is 19.4. The Labute approximate surface area is 209 Å². The number of amides is 2. The smallest absolute Gasteiger partial charge is 0.420 e. The second-order valence-electron chi connectivity index (χ2n) is 7.72. The van der Waals surface area contributed by atoms with E-state index in [-0.39, 0.29) is 17.1 Å². The molecule has 16 heteroatoms. The Balaban J connectivity index is 1.74. The van der Waals surface area contributed by atoms with E-state index in [2.05, 4.69) is 9.84 Å². The maximum Gasteiger partial charge on any atom is 0.420 e. The van der Waals surface area contributed by atoms with Crippen LogP contribution in [0.5, 0.6) is 5.75 Å². The molecule has 38 heavy (non-hydrogen) atoms. The van der Waals surface area contributed by atoms with Crippen molar-refractivity contribution in [2.75, 3.05) is 18.8 Å². The number of carbonyl (C=O) groups is 2. The van der Waals surface area contributed by atoms with Gasteiger partial charge in [0.1, 0.15) is 34.3 Å². The lowest BCUT2D eigenvalue weighted by Gasteiger charge is -2.30. The van der Waals surface area contributed by atoms with Crippen molar-refractivity contribution in [3.8, 4) is 11.4 Å². The Bertz CT molecular complexity index is 1310. The molecule has 0 aliphatic rings. The number of halogens is 7. The molecule has 1 heterocycles. The van der Waals surface area contributed by atoms with Crippen LogP contribution in [0.1, 0.15) is 20.7 Å². The van der Waals surface area contributed by atoms with E-state index in [0.717, 1.165) is 35.1 Å². The molecule has 0 spiro atoms. The van der Waals surface area contributed by atoms with E-state index in [1.54, 1.807) is 5.32 Å². The largest absolute Gasteiger partial charge is 0.434 e. The van der Waals surface area contributed by atoms with Gasteiger partial charge in [-0.05, 0) is 36.4 Å². The molecule has 204 valence electrons. The first-order valence-electron chi connectivity index (χ1n) is 10.4. The van der Waals surface area contributed by atoms with E-state index in [1.165, 1.54) is 12.1 Å². The summed E-state index contributed by atoms with van der Waals surface area (Å²) in [5.41, 5.74) is 0.774. The van der Waals surface area contributed by atoms with Gasteiger partial charge in [0.2, 0.25) is 0 Å². The molecule has 0 radical (unpaired) electrons. The van der Waals surface area contributed by atoms with Crippen LogP contribution in [0.2, 0.25) is 0 Å². The van der Waals surface area contributed by atoms with Crippen molar-refractivity contribution >= 4 is 17.6 Å². The topological polar surface area (TPSA) is 132 Å². The Morgan fingerprint density at radius 3 is 2.21 bits per heavy atom. The molecule has 9 nitrogen and oxygen atoms in total. The van der Waals surface area contributed by atoms with Crippen molar-refractivity contribution in [2.24, 2.45) is 0 Å². The Morgan fingerprint density at radius 1 is 1.03 bits per heavy atom. The van der Waals surface area contributed by atoms with Gasteiger partial charge in [-0.15, -0.1) is 0 Å². The third-order valence-electron chi connectivity index (χ3n) is 5.15. The summed E-state index contributed by atoms with van der Waals surface area (Å²) < 4.78 is 98.3. The number of hydrogen-bond donors (Lipinski definition) is 4. The van der Waals surface area contributed by atoms with Crippen molar-refractivity contribution in [3.63, 3.8) is 0 Å². The minimum absolute atomic E-state index is 0.237. The van der Waals surface area contributed by atoms with Crippen molar-refractivity contribution in [2.45, 2.75) is 18.4 Å². The molecular formula is C22H18F7N5O4. The van der Waals surface area contributed by atoms with Gasteiger partial charge in [0.15, 0.2) is 5.60 Å². The number of nitrogens with one attached hydrogen (secondary N) is 2. The number of nitrogens with two attached hydrogens (primary N) is 1. The van der Waals surface area contributed by atoms with Crippen LogP contribution in [0, 0.1) is 11.6 Å². The van der Waals surface area contributed by atoms with E-state index >= 15 is 0 Å². The number of hydrogen-bond acceptors (Lipinski definition) is 6. The number of aromatic nitrogens is 2. The molecule has 0 aliphatic carbocycles. The fourth-order valence-corrected chi connectivity index (χ4v) is 3.14. The number of anilines is 1. The van der Waals surface area contributed by atoms with Crippen LogP contribution in [0.25, 0.3) is 5.69 Å². The zero-order chi connectivity index (χ0) is 28.3. The molecule has 3 rings (SSSR count). The molecule has 1 atom stereocenters. The van der Waals surface area contributed by atoms with Gasteiger partial charge in [0.25, 0.3) is 11.8 Å². The van der Waals surface area contributed by atoms with E-state index in [1.807, 2.05) is 5.32 Å². The fraction of sp³-hybridized carbons (Fsp3) is 0.227. The lowest BCUT2D eigenvalue weighted by atomic mass is 10.0. The predicted octanol–water partition coefficient (Wildman–Crippen LogP) is 2.79.